The molecule has 4 fully saturated rings. The van der Waals surface area contributed by atoms with E-state index in [1.54, 1.807) is 80.5 Å². The average Bonchev–Trinajstić information content (AvgIpc) is 3.41. The fourth-order valence-electron chi connectivity index (χ4n) is 8.28. The van der Waals surface area contributed by atoms with Crippen LogP contribution in [0.4, 0.5) is 13.6 Å². The van der Waals surface area contributed by atoms with Gasteiger partial charge in [-0.05, 0) is 130 Å². The molecule has 1 saturated heterocycles. The van der Waals surface area contributed by atoms with Crippen LogP contribution in [0.1, 0.15) is 134 Å². The van der Waals surface area contributed by atoms with Gasteiger partial charge >= 0.3 is 25.2 Å². The van der Waals surface area contributed by atoms with Crippen molar-refractivity contribution in [3.8, 4) is 5.75 Å². The molecule has 57 heavy (non-hydrogen) atoms. The van der Waals surface area contributed by atoms with Gasteiger partial charge in [-0.2, -0.15) is 0 Å². The van der Waals surface area contributed by atoms with E-state index in [0.29, 0.717) is 11.5 Å². The van der Waals surface area contributed by atoms with E-state index < -0.39 is 88.2 Å². The number of para-hydroxylation sites is 1. The van der Waals surface area contributed by atoms with Crippen molar-refractivity contribution in [1.82, 2.24) is 10.6 Å². The molecule has 1 aliphatic heterocycles. The molecule has 6 atom stereocenters. The Kier molecular flexibility index (Phi) is 11.9. The summed E-state index contributed by atoms with van der Waals surface area (Å²) in [4.78, 5) is 53.8. The van der Waals surface area contributed by atoms with Crippen molar-refractivity contribution in [2.24, 2.45) is 17.3 Å². The molecule has 312 valence electrons. The molecular formula is C42H57BF2N2O10. The number of hydrogen-bond acceptors (Lipinski definition) is 10. The number of halogens is 2. The normalized spacial score (nSPS) is 23.6. The number of alkyl carbamates (subject to hydrolysis) is 1. The lowest BCUT2D eigenvalue weighted by molar-refractivity contribution is -0.199. The van der Waals surface area contributed by atoms with Crippen molar-refractivity contribution in [2.75, 3.05) is 7.11 Å². The van der Waals surface area contributed by atoms with Crippen LogP contribution in [0.3, 0.4) is 0 Å². The number of rotatable bonds is 10. The SMILES string of the molecule is COc1c(C[C@@H](NC(=O)C(NC(=O)OC(C)(C)C)c2c(F)cc(C(=O)OC(C)(C)C)cc2F)B2O[C@@H]3C[C@@H]4C[C@@H](C4(C)C)[C@]3(C)O2)cccc1C(=O)OC(C)(C)C. The molecular weight excluding hydrogens is 741 g/mol. The quantitative estimate of drug-likeness (QED) is 0.141. The van der Waals surface area contributed by atoms with Gasteiger partial charge in [0.25, 0.3) is 0 Å². The lowest BCUT2D eigenvalue weighted by Gasteiger charge is -2.64. The molecule has 2 amide bonds. The van der Waals surface area contributed by atoms with Crippen LogP contribution in [0.25, 0.3) is 0 Å². The highest BCUT2D eigenvalue weighted by atomic mass is 19.1. The van der Waals surface area contributed by atoms with Crippen molar-refractivity contribution >= 4 is 31.1 Å². The summed E-state index contributed by atoms with van der Waals surface area (Å²) in [6, 6.07) is 4.41. The van der Waals surface area contributed by atoms with E-state index in [1.807, 2.05) is 6.92 Å². The summed E-state index contributed by atoms with van der Waals surface area (Å²) < 4.78 is 67.6. The summed E-state index contributed by atoms with van der Waals surface area (Å²) in [6.45, 7) is 21.2. The molecule has 1 heterocycles. The number of esters is 2. The first-order chi connectivity index (χ1) is 26.1. The second kappa shape index (κ2) is 15.5. The number of nitrogens with one attached hydrogen (secondary N) is 2. The molecule has 2 aromatic carbocycles. The van der Waals surface area contributed by atoms with E-state index >= 15 is 8.78 Å². The summed E-state index contributed by atoms with van der Waals surface area (Å²) >= 11 is 0. The predicted molar refractivity (Wildman–Crippen MR) is 208 cm³/mol. The van der Waals surface area contributed by atoms with Crippen LogP contribution in [-0.4, -0.2) is 72.6 Å². The number of ether oxygens (including phenoxy) is 4. The van der Waals surface area contributed by atoms with Crippen LogP contribution in [0.5, 0.6) is 5.75 Å². The molecule has 0 aromatic heterocycles. The number of methoxy groups -OCH3 is 1. The van der Waals surface area contributed by atoms with Crippen LogP contribution in [-0.2, 0) is 34.7 Å². The van der Waals surface area contributed by atoms with Gasteiger partial charge in [-0.15, -0.1) is 0 Å². The van der Waals surface area contributed by atoms with E-state index in [2.05, 4.69) is 24.5 Å². The van der Waals surface area contributed by atoms with Gasteiger partial charge in [0.1, 0.15) is 45.8 Å². The maximum atomic E-state index is 16.1. The highest BCUT2D eigenvalue weighted by Crippen LogP contribution is 2.65. The van der Waals surface area contributed by atoms with Crippen LogP contribution in [0.15, 0.2) is 30.3 Å². The number of hydrogen-bond donors (Lipinski definition) is 2. The van der Waals surface area contributed by atoms with Crippen molar-refractivity contribution < 1.29 is 56.2 Å². The smallest absolute Gasteiger partial charge is 0.482 e. The zero-order valence-electron chi connectivity index (χ0n) is 35.3. The Labute approximate surface area is 334 Å². The Hall–Kier alpha value is -4.24. The minimum Gasteiger partial charge on any atom is -0.496 e. The Morgan fingerprint density at radius 3 is 1.98 bits per heavy atom. The molecule has 15 heteroatoms. The molecule has 12 nitrogen and oxygen atoms in total. The molecule has 0 spiro atoms. The first kappa shape index (κ1) is 43.9. The fourth-order valence-corrected chi connectivity index (χ4v) is 8.28. The first-order valence-corrected chi connectivity index (χ1v) is 19.4. The van der Waals surface area contributed by atoms with Gasteiger partial charge in [0.15, 0.2) is 0 Å². The fraction of sp³-hybridized carbons (Fsp3) is 0.619. The molecule has 1 unspecified atom stereocenters. The summed E-state index contributed by atoms with van der Waals surface area (Å²) in [5.74, 6) is -5.51. The number of benzene rings is 2. The number of carbonyl (C=O) groups excluding carboxylic acids is 4. The monoisotopic (exact) mass is 798 g/mol. The summed E-state index contributed by atoms with van der Waals surface area (Å²) in [7, 11) is 0.335. The summed E-state index contributed by atoms with van der Waals surface area (Å²) in [6.07, 6.45) is 0.212. The van der Waals surface area contributed by atoms with E-state index in [-0.39, 0.29) is 35.2 Å². The molecule has 3 saturated carbocycles. The predicted octanol–water partition coefficient (Wildman–Crippen LogP) is 7.44. The van der Waals surface area contributed by atoms with Crippen molar-refractivity contribution in [2.45, 2.75) is 143 Å². The highest BCUT2D eigenvalue weighted by Gasteiger charge is 2.68. The zero-order chi connectivity index (χ0) is 42.6. The average molecular weight is 799 g/mol. The summed E-state index contributed by atoms with van der Waals surface area (Å²) in [5, 5.41) is 5.19. The lowest BCUT2D eigenvalue weighted by atomic mass is 9.43. The van der Waals surface area contributed by atoms with Gasteiger partial charge in [0.2, 0.25) is 5.91 Å². The molecule has 2 aromatic rings. The van der Waals surface area contributed by atoms with E-state index in [0.717, 1.165) is 25.0 Å². The van der Waals surface area contributed by atoms with E-state index in [9.17, 15) is 19.2 Å². The minimum absolute atomic E-state index is 0.00380. The molecule has 0 radical (unpaired) electrons. The van der Waals surface area contributed by atoms with Gasteiger partial charge < -0.3 is 38.9 Å². The lowest BCUT2D eigenvalue weighted by Crippen LogP contribution is -2.65. The number of amides is 2. The zero-order valence-corrected chi connectivity index (χ0v) is 35.3. The molecule has 6 rings (SSSR count). The van der Waals surface area contributed by atoms with Gasteiger partial charge in [-0.1, -0.05) is 26.0 Å². The van der Waals surface area contributed by atoms with E-state index in [4.69, 9.17) is 28.3 Å². The van der Waals surface area contributed by atoms with Gasteiger partial charge in [0.05, 0.1) is 35.9 Å². The van der Waals surface area contributed by atoms with Gasteiger partial charge in [-0.3, -0.25) is 4.79 Å². The third-order valence-electron chi connectivity index (χ3n) is 10.9. The first-order valence-electron chi connectivity index (χ1n) is 19.4. The Balaban J connectivity index is 1.55. The van der Waals surface area contributed by atoms with Crippen LogP contribution in [0.2, 0.25) is 0 Å². The second-order valence-electron chi connectivity index (χ2n) is 19.1. The Morgan fingerprint density at radius 2 is 1.44 bits per heavy atom. The minimum atomic E-state index is -2.00. The maximum absolute atomic E-state index is 16.1. The third-order valence-corrected chi connectivity index (χ3v) is 10.9. The molecule has 4 aliphatic rings. The largest absolute Gasteiger partial charge is 0.496 e. The summed E-state index contributed by atoms with van der Waals surface area (Å²) in [5.41, 5.74) is -4.16. The molecule has 3 aliphatic carbocycles. The maximum Gasteiger partial charge on any atom is 0.482 e. The van der Waals surface area contributed by atoms with Crippen LogP contribution >= 0.6 is 0 Å². The van der Waals surface area contributed by atoms with Crippen LogP contribution < -0.4 is 15.4 Å². The standard InChI is InChI=1S/C42H57BF2N2O10/c1-38(2,3)53-35(49)23-17-26(44)31(27(45)18-23)32(47-37(51)55-40(7,8)9)34(48)46-30(43-56-29-21-24-20-28(41(24,10)11)42(29,12)57-43)19-22-15-14-16-25(33(22)52-13)36(50)54-39(4,5)6/h14-18,24,28-30,32H,19-21H2,1-13H3,(H,46,48)(H,47,51)/t24-,28-,29+,30+,32?,42-/m0/s1. The topological polar surface area (TPSA) is 148 Å². The van der Waals surface area contributed by atoms with Crippen molar-refractivity contribution in [3.05, 3.63) is 64.2 Å². The van der Waals surface area contributed by atoms with Gasteiger partial charge in [0, 0.05) is 0 Å². The van der Waals surface area contributed by atoms with Crippen molar-refractivity contribution in [3.63, 3.8) is 0 Å². The van der Waals surface area contributed by atoms with Crippen LogP contribution in [0, 0.1) is 28.9 Å². The van der Waals surface area contributed by atoms with Gasteiger partial charge in [-0.25, -0.2) is 23.2 Å². The molecule has 2 bridgehead atoms. The second-order valence-corrected chi connectivity index (χ2v) is 19.1. The number of carbonyl (C=O) groups is 4. The van der Waals surface area contributed by atoms with E-state index in [1.165, 1.54) is 7.11 Å². The Bertz CT molecular complexity index is 1880. The highest BCUT2D eigenvalue weighted by molar-refractivity contribution is 6.48. The third kappa shape index (κ3) is 9.57. The molecule has 2 N–H and O–H groups in total. The van der Waals surface area contributed by atoms with Crippen molar-refractivity contribution in [1.29, 1.82) is 0 Å². The Morgan fingerprint density at radius 1 is 0.860 bits per heavy atom.